The highest BCUT2D eigenvalue weighted by Crippen LogP contribution is 2.26. The van der Waals surface area contributed by atoms with E-state index in [1.54, 1.807) is 0 Å². The van der Waals surface area contributed by atoms with Crippen LogP contribution in [-0.4, -0.2) is 35.6 Å². The van der Waals surface area contributed by atoms with Crippen molar-refractivity contribution in [1.82, 2.24) is 14.7 Å². The van der Waals surface area contributed by atoms with Crippen LogP contribution in [0.5, 0.6) is 0 Å². The smallest absolute Gasteiger partial charge is 0.358 e. The molecule has 3 rings (SSSR count). The third-order valence-corrected chi connectivity index (χ3v) is 3.69. The number of nitrogens with zero attached hydrogens (tertiary/aromatic N) is 2. The second-order valence-electron chi connectivity index (χ2n) is 4.89. The highest BCUT2D eigenvalue weighted by atomic mass is 16.5. The van der Waals surface area contributed by atoms with Gasteiger partial charge < -0.3 is 10.1 Å². The zero-order valence-corrected chi connectivity index (χ0v) is 11.1. The third-order valence-electron chi connectivity index (χ3n) is 3.69. The molecule has 1 fully saturated rings. The molecule has 0 aliphatic carbocycles. The van der Waals surface area contributed by atoms with Crippen molar-refractivity contribution in [3.63, 3.8) is 0 Å². The number of hydrogen-bond donors (Lipinski definition) is 1. The summed E-state index contributed by atoms with van der Waals surface area (Å²) in [5, 5.41) is 3.34. The van der Waals surface area contributed by atoms with Gasteiger partial charge in [0, 0.05) is 18.2 Å². The van der Waals surface area contributed by atoms with E-state index in [1.807, 2.05) is 25.1 Å². The highest BCUT2D eigenvalue weighted by molar-refractivity contribution is 5.95. The second kappa shape index (κ2) is 4.66. The van der Waals surface area contributed by atoms with Crippen molar-refractivity contribution in [1.29, 1.82) is 0 Å². The van der Waals surface area contributed by atoms with Crippen molar-refractivity contribution in [2.75, 3.05) is 20.2 Å². The lowest BCUT2D eigenvalue weighted by molar-refractivity contribution is 0.0597. The molecule has 0 amide bonds. The lowest BCUT2D eigenvalue weighted by Gasteiger charge is -2.09. The van der Waals surface area contributed by atoms with Crippen molar-refractivity contribution < 1.29 is 9.53 Å². The SMILES string of the molecule is COC(=O)c1nc(C2CCNC2)n2c(C)cccc12. The molecule has 5 heteroatoms. The number of hydrogen-bond acceptors (Lipinski definition) is 4. The first-order valence-corrected chi connectivity index (χ1v) is 6.49. The Kier molecular flexibility index (Phi) is 2.98. The molecule has 1 N–H and O–H groups in total. The lowest BCUT2D eigenvalue weighted by atomic mass is 10.1. The van der Waals surface area contributed by atoms with Crippen molar-refractivity contribution in [3.05, 3.63) is 35.4 Å². The minimum Gasteiger partial charge on any atom is -0.464 e. The Balaban J connectivity index is 2.23. The van der Waals surface area contributed by atoms with Gasteiger partial charge in [-0.2, -0.15) is 0 Å². The molecule has 0 aromatic carbocycles. The van der Waals surface area contributed by atoms with Gasteiger partial charge in [-0.3, -0.25) is 4.40 Å². The molecule has 19 heavy (non-hydrogen) atoms. The Morgan fingerprint density at radius 3 is 3.05 bits per heavy atom. The number of aryl methyl sites for hydroxylation is 1. The van der Waals surface area contributed by atoms with Gasteiger partial charge in [0.1, 0.15) is 5.82 Å². The number of imidazole rings is 1. The van der Waals surface area contributed by atoms with Crippen LogP contribution in [0.1, 0.15) is 34.3 Å². The Hall–Kier alpha value is -1.88. The fourth-order valence-electron chi connectivity index (χ4n) is 2.72. The van der Waals surface area contributed by atoms with Crippen molar-refractivity contribution in [3.8, 4) is 0 Å². The number of carbonyl (C=O) groups is 1. The van der Waals surface area contributed by atoms with Crippen LogP contribution in [0.3, 0.4) is 0 Å². The summed E-state index contributed by atoms with van der Waals surface area (Å²) in [6, 6.07) is 5.88. The van der Waals surface area contributed by atoms with Crippen LogP contribution in [0, 0.1) is 6.92 Å². The van der Waals surface area contributed by atoms with Crippen LogP contribution in [0.2, 0.25) is 0 Å². The Morgan fingerprint density at radius 2 is 2.37 bits per heavy atom. The normalized spacial score (nSPS) is 18.9. The van der Waals surface area contributed by atoms with E-state index >= 15 is 0 Å². The van der Waals surface area contributed by atoms with E-state index < -0.39 is 0 Å². The fourth-order valence-corrected chi connectivity index (χ4v) is 2.72. The number of carbonyl (C=O) groups excluding carboxylic acids is 1. The van der Waals surface area contributed by atoms with Gasteiger partial charge in [-0.25, -0.2) is 9.78 Å². The molecule has 2 aromatic rings. The molecule has 1 aliphatic rings. The zero-order valence-electron chi connectivity index (χ0n) is 11.1. The Bertz CT molecular complexity index is 627. The maximum atomic E-state index is 11.9. The van der Waals surface area contributed by atoms with Gasteiger partial charge >= 0.3 is 5.97 Å². The average molecular weight is 259 g/mol. The molecule has 0 spiro atoms. The van der Waals surface area contributed by atoms with E-state index in [2.05, 4.69) is 14.7 Å². The summed E-state index contributed by atoms with van der Waals surface area (Å²) in [6.45, 7) is 3.94. The lowest BCUT2D eigenvalue weighted by Crippen LogP contribution is -2.11. The summed E-state index contributed by atoms with van der Waals surface area (Å²) < 4.78 is 6.90. The minimum atomic E-state index is -0.375. The standard InChI is InChI=1S/C14H17N3O2/c1-9-4-3-5-11-12(14(18)19-2)16-13(17(9)11)10-6-7-15-8-10/h3-5,10,15H,6-8H2,1-2H3. The van der Waals surface area contributed by atoms with E-state index in [1.165, 1.54) is 7.11 Å². The van der Waals surface area contributed by atoms with Gasteiger partial charge in [0.25, 0.3) is 0 Å². The molecule has 1 aliphatic heterocycles. The molecule has 3 heterocycles. The van der Waals surface area contributed by atoms with Gasteiger partial charge in [0.2, 0.25) is 0 Å². The van der Waals surface area contributed by atoms with Gasteiger partial charge in [0.15, 0.2) is 5.69 Å². The number of rotatable bonds is 2. The van der Waals surface area contributed by atoms with Gasteiger partial charge in [0.05, 0.1) is 12.6 Å². The van der Waals surface area contributed by atoms with E-state index in [0.29, 0.717) is 11.6 Å². The zero-order chi connectivity index (χ0) is 13.4. The van der Waals surface area contributed by atoms with Crippen LogP contribution in [0.15, 0.2) is 18.2 Å². The molecule has 100 valence electrons. The van der Waals surface area contributed by atoms with Crippen molar-refractivity contribution >= 4 is 11.5 Å². The number of pyridine rings is 1. The van der Waals surface area contributed by atoms with E-state index in [4.69, 9.17) is 4.74 Å². The molecule has 5 nitrogen and oxygen atoms in total. The topological polar surface area (TPSA) is 55.6 Å². The van der Waals surface area contributed by atoms with Gasteiger partial charge in [-0.1, -0.05) is 6.07 Å². The second-order valence-corrected chi connectivity index (χ2v) is 4.89. The summed E-state index contributed by atoms with van der Waals surface area (Å²) in [4.78, 5) is 16.4. The van der Waals surface area contributed by atoms with E-state index in [-0.39, 0.29) is 5.97 Å². The van der Waals surface area contributed by atoms with Crippen LogP contribution in [0.25, 0.3) is 5.52 Å². The highest BCUT2D eigenvalue weighted by Gasteiger charge is 2.26. The third kappa shape index (κ3) is 1.90. The summed E-state index contributed by atoms with van der Waals surface area (Å²) in [5.41, 5.74) is 2.32. The number of methoxy groups -OCH3 is 1. The van der Waals surface area contributed by atoms with Crippen molar-refractivity contribution in [2.45, 2.75) is 19.3 Å². The predicted octanol–water partition coefficient (Wildman–Crippen LogP) is 1.51. The molecule has 0 radical (unpaired) electrons. The molecule has 1 saturated heterocycles. The number of esters is 1. The maximum absolute atomic E-state index is 11.9. The van der Waals surface area contributed by atoms with Crippen LogP contribution < -0.4 is 5.32 Å². The number of aromatic nitrogens is 2. The molecular weight excluding hydrogens is 242 g/mol. The first-order valence-electron chi connectivity index (χ1n) is 6.49. The predicted molar refractivity (Wildman–Crippen MR) is 71.5 cm³/mol. The number of ether oxygens (including phenoxy) is 1. The summed E-state index contributed by atoms with van der Waals surface area (Å²) in [7, 11) is 1.39. The average Bonchev–Trinajstić information content (AvgIpc) is 3.05. The van der Waals surface area contributed by atoms with Gasteiger partial charge in [-0.05, 0) is 32.0 Å². The van der Waals surface area contributed by atoms with Crippen LogP contribution >= 0.6 is 0 Å². The number of fused-ring (bicyclic) bond motifs is 1. The first kappa shape index (κ1) is 12.2. The van der Waals surface area contributed by atoms with E-state index in [0.717, 1.165) is 36.5 Å². The molecule has 0 saturated carbocycles. The quantitative estimate of drug-likeness (QED) is 0.831. The summed E-state index contributed by atoms with van der Waals surface area (Å²) >= 11 is 0. The molecule has 1 unspecified atom stereocenters. The molecule has 1 atom stereocenters. The monoisotopic (exact) mass is 259 g/mol. The van der Waals surface area contributed by atoms with E-state index in [9.17, 15) is 4.79 Å². The van der Waals surface area contributed by atoms with Gasteiger partial charge in [-0.15, -0.1) is 0 Å². The van der Waals surface area contributed by atoms with Crippen molar-refractivity contribution in [2.24, 2.45) is 0 Å². The summed E-state index contributed by atoms with van der Waals surface area (Å²) in [5.74, 6) is 0.936. The maximum Gasteiger partial charge on any atom is 0.358 e. The number of nitrogens with one attached hydrogen (secondary N) is 1. The Labute approximate surface area is 111 Å². The minimum absolute atomic E-state index is 0.354. The van der Waals surface area contributed by atoms with Crippen LogP contribution in [-0.2, 0) is 4.74 Å². The fraction of sp³-hybridized carbons (Fsp3) is 0.429. The largest absolute Gasteiger partial charge is 0.464 e. The first-order chi connectivity index (χ1) is 9.22. The Morgan fingerprint density at radius 1 is 1.53 bits per heavy atom. The molecule has 0 bridgehead atoms. The summed E-state index contributed by atoms with van der Waals surface area (Å²) in [6.07, 6.45) is 1.05. The van der Waals surface area contributed by atoms with Crippen LogP contribution in [0.4, 0.5) is 0 Å². The molecular formula is C14H17N3O2. The molecule has 2 aromatic heterocycles.